The van der Waals surface area contributed by atoms with E-state index in [4.69, 9.17) is 14.2 Å². The SMILES string of the molecule is CCOCCOc1ccccc1CNCC1CCCO1. The predicted octanol–water partition coefficient (Wildman–Crippen LogP) is 2.37. The first-order valence-electron chi connectivity index (χ1n) is 7.51. The second-order valence-electron chi connectivity index (χ2n) is 4.92. The van der Waals surface area contributed by atoms with Crippen LogP contribution in [0.4, 0.5) is 0 Å². The molecule has 1 N–H and O–H groups in total. The fourth-order valence-corrected chi connectivity index (χ4v) is 2.32. The summed E-state index contributed by atoms with van der Waals surface area (Å²) in [5.74, 6) is 0.937. The molecule has 1 aliphatic heterocycles. The number of nitrogens with one attached hydrogen (secondary N) is 1. The molecule has 4 heteroatoms. The van der Waals surface area contributed by atoms with Crippen LogP contribution < -0.4 is 10.1 Å². The molecular formula is C16H25NO3. The predicted molar refractivity (Wildman–Crippen MR) is 79.1 cm³/mol. The zero-order valence-electron chi connectivity index (χ0n) is 12.3. The summed E-state index contributed by atoms with van der Waals surface area (Å²) in [7, 11) is 0. The Bertz CT molecular complexity index is 378. The van der Waals surface area contributed by atoms with Crippen molar-refractivity contribution >= 4 is 0 Å². The molecule has 1 heterocycles. The highest BCUT2D eigenvalue weighted by Gasteiger charge is 2.14. The van der Waals surface area contributed by atoms with Crippen molar-refractivity contribution in [3.05, 3.63) is 29.8 Å². The Morgan fingerprint density at radius 2 is 2.20 bits per heavy atom. The zero-order chi connectivity index (χ0) is 14.0. The molecule has 0 aromatic heterocycles. The van der Waals surface area contributed by atoms with Crippen molar-refractivity contribution in [2.24, 2.45) is 0 Å². The van der Waals surface area contributed by atoms with Gasteiger partial charge in [-0.3, -0.25) is 0 Å². The standard InChI is InChI=1S/C16H25NO3/c1-2-18-10-11-20-16-8-4-3-6-14(16)12-17-13-15-7-5-9-19-15/h3-4,6,8,15,17H,2,5,7,9-13H2,1H3. The third kappa shape index (κ3) is 5.12. The van der Waals surface area contributed by atoms with Crippen LogP contribution in [0.3, 0.4) is 0 Å². The van der Waals surface area contributed by atoms with Gasteiger partial charge in [0.1, 0.15) is 12.4 Å². The van der Waals surface area contributed by atoms with E-state index in [1.54, 1.807) is 0 Å². The van der Waals surface area contributed by atoms with Crippen molar-refractivity contribution in [3.63, 3.8) is 0 Å². The Labute approximate surface area is 121 Å². The van der Waals surface area contributed by atoms with E-state index in [0.717, 1.165) is 32.1 Å². The van der Waals surface area contributed by atoms with Gasteiger partial charge in [0.05, 0.1) is 12.7 Å². The Morgan fingerprint density at radius 3 is 3.00 bits per heavy atom. The molecule has 1 saturated heterocycles. The summed E-state index contributed by atoms with van der Waals surface area (Å²) in [5.41, 5.74) is 1.18. The van der Waals surface area contributed by atoms with Gasteiger partial charge in [0.2, 0.25) is 0 Å². The average Bonchev–Trinajstić information content (AvgIpc) is 2.98. The lowest BCUT2D eigenvalue weighted by molar-refractivity contribution is 0.108. The number of para-hydroxylation sites is 1. The molecule has 2 rings (SSSR count). The minimum absolute atomic E-state index is 0.376. The van der Waals surface area contributed by atoms with Gasteiger partial charge in [0.25, 0.3) is 0 Å². The first kappa shape index (κ1) is 15.3. The molecule has 112 valence electrons. The van der Waals surface area contributed by atoms with Crippen LogP contribution in [0.5, 0.6) is 5.75 Å². The van der Waals surface area contributed by atoms with E-state index in [-0.39, 0.29) is 0 Å². The number of rotatable bonds is 9. The Morgan fingerprint density at radius 1 is 1.30 bits per heavy atom. The molecule has 1 unspecified atom stereocenters. The Kier molecular flexibility index (Phi) is 6.84. The third-order valence-corrected chi connectivity index (χ3v) is 3.37. The van der Waals surface area contributed by atoms with Crippen LogP contribution in [-0.2, 0) is 16.0 Å². The van der Waals surface area contributed by atoms with Gasteiger partial charge in [-0.05, 0) is 25.8 Å². The maximum absolute atomic E-state index is 5.77. The summed E-state index contributed by atoms with van der Waals surface area (Å²) in [6.07, 6.45) is 2.73. The molecule has 1 aromatic carbocycles. The molecular weight excluding hydrogens is 254 g/mol. The quantitative estimate of drug-likeness (QED) is 0.705. The van der Waals surface area contributed by atoms with E-state index in [2.05, 4.69) is 11.4 Å². The maximum atomic E-state index is 5.77. The Balaban J connectivity index is 1.74. The van der Waals surface area contributed by atoms with Gasteiger partial charge in [-0.2, -0.15) is 0 Å². The summed E-state index contributed by atoms with van der Waals surface area (Å²) >= 11 is 0. The molecule has 0 aliphatic carbocycles. The van der Waals surface area contributed by atoms with Gasteiger partial charge >= 0.3 is 0 Å². The van der Waals surface area contributed by atoms with E-state index in [0.29, 0.717) is 19.3 Å². The molecule has 0 bridgehead atoms. The van der Waals surface area contributed by atoms with Crippen LogP contribution in [-0.4, -0.2) is 39.1 Å². The normalized spacial score (nSPS) is 18.4. The van der Waals surface area contributed by atoms with E-state index >= 15 is 0 Å². The van der Waals surface area contributed by atoms with Crippen LogP contribution in [0.2, 0.25) is 0 Å². The van der Waals surface area contributed by atoms with Crippen molar-refractivity contribution in [2.45, 2.75) is 32.4 Å². The molecule has 0 amide bonds. The van der Waals surface area contributed by atoms with Gasteiger partial charge in [-0.15, -0.1) is 0 Å². The summed E-state index contributed by atoms with van der Waals surface area (Å²) in [6.45, 7) is 6.57. The van der Waals surface area contributed by atoms with Crippen LogP contribution in [0, 0.1) is 0 Å². The second kappa shape index (κ2) is 8.95. The molecule has 0 radical (unpaired) electrons. The summed E-state index contributed by atoms with van der Waals surface area (Å²) in [6, 6.07) is 8.14. The number of benzene rings is 1. The lowest BCUT2D eigenvalue weighted by Gasteiger charge is -2.14. The van der Waals surface area contributed by atoms with Crippen molar-refractivity contribution in [1.82, 2.24) is 5.32 Å². The van der Waals surface area contributed by atoms with Crippen molar-refractivity contribution < 1.29 is 14.2 Å². The average molecular weight is 279 g/mol. The molecule has 1 fully saturated rings. The lowest BCUT2D eigenvalue weighted by Crippen LogP contribution is -2.26. The highest BCUT2D eigenvalue weighted by Crippen LogP contribution is 2.18. The van der Waals surface area contributed by atoms with Gasteiger partial charge in [-0.25, -0.2) is 0 Å². The highest BCUT2D eigenvalue weighted by atomic mass is 16.5. The Hall–Kier alpha value is -1.10. The maximum Gasteiger partial charge on any atom is 0.123 e. The van der Waals surface area contributed by atoms with E-state index in [1.165, 1.54) is 18.4 Å². The summed E-state index contributed by atoms with van der Waals surface area (Å²) < 4.78 is 16.7. The third-order valence-electron chi connectivity index (χ3n) is 3.37. The van der Waals surface area contributed by atoms with Gasteiger partial charge in [-0.1, -0.05) is 18.2 Å². The van der Waals surface area contributed by atoms with Crippen LogP contribution in [0.1, 0.15) is 25.3 Å². The smallest absolute Gasteiger partial charge is 0.123 e. The zero-order valence-corrected chi connectivity index (χ0v) is 12.3. The van der Waals surface area contributed by atoms with Crippen molar-refractivity contribution in [1.29, 1.82) is 0 Å². The van der Waals surface area contributed by atoms with Crippen LogP contribution in [0.25, 0.3) is 0 Å². The van der Waals surface area contributed by atoms with Crippen molar-refractivity contribution in [2.75, 3.05) is 33.0 Å². The lowest BCUT2D eigenvalue weighted by atomic mass is 10.2. The first-order valence-corrected chi connectivity index (χ1v) is 7.51. The second-order valence-corrected chi connectivity index (χ2v) is 4.92. The topological polar surface area (TPSA) is 39.7 Å². The molecule has 0 spiro atoms. The largest absolute Gasteiger partial charge is 0.491 e. The number of hydrogen-bond acceptors (Lipinski definition) is 4. The van der Waals surface area contributed by atoms with Gasteiger partial charge in [0.15, 0.2) is 0 Å². The molecule has 4 nitrogen and oxygen atoms in total. The monoisotopic (exact) mass is 279 g/mol. The number of ether oxygens (including phenoxy) is 3. The molecule has 1 atom stereocenters. The van der Waals surface area contributed by atoms with Crippen LogP contribution >= 0.6 is 0 Å². The number of hydrogen-bond donors (Lipinski definition) is 1. The van der Waals surface area contributed by atoms with Crippen molar-refractivity contribution in [3.8, 4) is 5.75 Å². The summed E-state index contributed by atoms with van der Waals surface area (Å²) in [4.78, 5) is 0. The minimum Gasteiger partial charge on any atom is -0.491 e. The van der Waals surface area contributed by atoms with Gasteiger partial charge in [0, 0.05) is 31.9 Å². The molecule has 1 aliphatic rings. The summed E-state index contributed by atoms with van der Waals surface area (Å²) in [5, 5.41) is 3.45. The molecule has 0 saturated carbocycles. The molecule has 20 heavy (non-hydrogen) atoms. The van der Waals surface area contributed by atoms with E-state index in [9.17, 15) is 0 Å². The van der Waals surface area contributed by atoms with Crippen LogP contribution in [0.15, 0.2) is 24.3 Å². The first-order chi connectivity index (χ1) is 9.90. The van der Waals surface area contributed by atoms with E-state index < -0.39 is 0 Å². The fourth-order valence-electron chi connectivity index (χ4n) is 2.32. The highest BCUT2D eigenvalue weighted by molar-refractivity contribution is 5.33. The minimum atomic E-state index is 0.376. The van der Waals surface area contributed by atoms with E-state index in [1.807, 2.05) is 25.1 Å². The molecule has 1 aromatic rings. The van der Waals surface area contributed by atoms with Gasteiger partial charge < -0.3 is 19.5 Å². The fraction of sp³-hybridized carbons (Fsp3) is 0.625.